The zero-order valence-electron chi connectivity index (χ0n) is 17.4. The highest BCUT2D eigenvalue weighted by Crippen LogP contribution is 2.41. The molecule has 2 heterocycles. The molecule has 7 heteroatoms. The van der Waals surface area contributed by atoms with E-state index in [0.717, 1.165) is 48.5 Å². The molecular weight excluding hydrogens is 386 g/mol. The molecule has 1 aliphatic carbocycles. The summed E-state index contributed by atoms with van der Waals surface area (Å²) in [5.74, 6) is 1.48. The quantitative estimate of drug-likeness (QED) is 0.743. The normalized spacial score (nSPS) is 18.2. The SMILES string of the molecule is COc1cccc(OC)c1-c1nc(C)c(C(=O)N2CCN(C3CCCC3)CC2)s1. The number of carbonyl (C=O) groups excluding carboxylic acids is 1. The van der Waals surface area contributed by atoms with Gasteiger partial charge in [0.2, 0.25) is 0 Å². The Hall–Kier alpha value is -2.12. The largest absolute Gasteiger partial charge is 0.496 e. The Morgan fingerprint density at radius 2 is 1.69 bits per heavy atom. The molecule has 1 amide bonds. The number of ether oxygens (including phenoxy) is 2. The molecular formula is C22H29N3O3S. The van der Waals surface area contributed by atoms with Crippen molar-refractivity contribution in [3.8, 4) is 22.1 Å². The van der Waals surface area contributed by atoms with Crippen LogP contribution in [0, 0.1) is 6.92 Å². The van der Waals surface area contributed by atoms with Gasteiger partial charge in [0, 0.05) is 32.2 Å². The van der Waals surface area contributed by atoms with Crippen LogP contribution in [-0.4, -0.2) is 67.1 Å². The second-order valence-electron chi connectivity index (χ2n) is 7.74. The summed E-state index contributed by atoms with van der Waals surface area (Å²) < 4.78 is 11.0. The van der Waals surface area contributed by atoms with Gasteiger partial charge in [-0.3, -0.25) is 9.69 Å². The minimum atomic E-state index is 0.0891. The molecule has 2 fully saturated rings. The van der Waals surface area contributed by atoms with Crippen molar-refractivity contribution in [2.75, 3.05) is 40.4 Å². The Morgan fingerprint density at radius 3 is 2.28 bits per heavy atom. The number of nitrogens with zero attached hydrogens (tertiary/aromatic N) is 3. The number of carbonyl (C=O) groups is 1. The fourth-order valence-corrected chi connectivity index (χ4v) is 5.56. The number of rotatable bonds is 5. The number of piperazine rings is 1. The van der Waals surface area contributed by atoms with E-state index < -0.39 is 0 Å². The van der Waals surface area contributed by atoms with Crippen LogP contribution in [0.1, 0.15) is 41.0 Å². The van der Waals surface area contributed by atoms with E-state index >= 15 is 0 Å². The fraction of sp³-hybridized carbons (Fsp3) is 0.545. The molecule has 4 rings (SSSR count). The number of methoxy groups -OCH3 is 2. The Kier molecular flexibility index (Phi) is 6.06. The first-order chi connectivity index (χ1) is 14.1. The molecule has 2 aromatic rings. The summed E-state index contributed by atoms with van der Waals surface area (Å²) in [6.07, 6.45) is 5.32. The van der Waals surface area contributed by atoms with Crippen molar-refractivity contribution in [2.24, 2.45) is 0 Å². The van der Waals surface area contributed by atoms with Gasteiger partial charge in [0.05, 0.1) is 25.5 Å². The van der Waals surface area contributed by atoms with E-state index in [2.05, 4.69) is 4.90 Å². The lowest BCUT2D eigenvalue weighted by Gasteiger charge is -2.37. The molecule has 0 radical (unpaired) electrons. The number of thiazole rings is 1. The van der Waals surface area contributed by atoms with Crippen LogP contribution >= 0.6 is 11.3 Å². The predicted octanol–water partition coefficient (Wildman–Crippen LogP) is 3.84. The van der Waals surface area contributed by atoms with Gasteiger partial charge in [0.25, 0.3) is 5.91 Å². The third-order valence-electron chi connectivity index (χ3n) is 6.08. The Balaban J connectivity index is 1.52. The fourth-order valence-electron chi connectivity index (χ4n) is 4.47. The summed E-state index contributed by atoms with van der Waals surface area (Å²) in [6, 6.07) is 6.38. The van der Waals surface area contributed by atoms with Gasteiger partial charge in [-0.05, 0) is 31.9 Å². The van der Waals surface area contributed by atoms with Crippen molar-refractivity contribution < 1.29 is 14.3 Å². The second-order valence-corrected chi connectivity index (χ2v) is 8.74. The Labute approximate surface area is 176 Å². The first kappa shape index (κ1) is 20.2. The van der Waals surface area contributed by atoms with Gasteiger partial charge in [0.15, 0.2) is 0 Å². The number of benzene rings is 1. The van der Waals surface area contributed by atoms with Gasteiger partial charge in [-0.15, -0.1) is 11.3 Å². The minimum Gasteiger partial charge on any atom is -0.496 e. The number of hydrogen-bond acceptors (Lipinski definition) is 6. The highest BCUT2D eigenvalue weighted by atomic mass is 32.1. The number of amides is 1. The first-order valence-corrected chi connectivity index (χ1v) is 11.2. The zero-order valence-corrected chi connectivity index (χ0v) is 18.3. The van der Waals surface area contributed by atoms with Crippen LogP contribution in [0.5, 0.6) is 11.5 Å². The third kappa shape index (κ3) is 3.98. The summed E-state index contributed by atoms with van der Waals surface area (Å²) in [4.78, 5) is 23.2. The van der Waals surface area contributed by atoms with E-state index in [1.807, 2.05) is 30.0 Å². The summed E-state index contributed by atoms with van der Waals surface area (Å²) in [5.41, 5.74) is 1.57. The predicted molar refractivity (Wildman–Crippen MR) is 115 cm³/mol. The van der Waals surface area contributed by atoms with Gasteiger partial charge in [-0.25, -0.2) is 4.98 Å². The van der Waals surface area contributed by atoms with Gasteiger partial charge >= 0.3 is 0 Å². The van der Waals surface area contributed by atoms with Crippen LogP contribution in [0.15, 0.2) is 18.2 Å². The lowest BCUT2D eigenvalue weighted by atomic mass is 10.1. The van der Waals surface area contributed by atoms with Gasteiger partial charge in [-0.1, -0.05) is 18.9 Å². The average Bonchev–Trinajstić information content (AvgIpc) is 3.42. The Bertz CT molecular complexity index is 846. The van der Waals surface area contributed by atoms with Gasteiger partial charge in [-0.2, -0.15) is 0 Å². The maximum Gasteiger partial charge on any atom is 0.265 e. The molecule has 1 saturated heterocycles. The summed E-state index contributed by atoms with van der Waals surface area (Å²) in [6.45, 7) is 5.44. The van der Waals surface area contributed by atoms with Crippen molar-refractivity contribution in [3.63, 3.8) is 0 Å². The standard InChI is InChI=1S/C22H29N3O3S/c1-15-20(22(26)25-13-11-24(12-14-25)16-7-4-5-8-16)29-21(23-15)19-17(27-2)9-6-10-18(19)28-3/h6,9-10,16H,4-5,7-8,11-14H2,1-3H3. The maximum absolute atomic E-state index is 13.2. The van der Waals surface area contributed by atoms with Gasteiger partial charge in [0.1, 0.15) is 21.4 Å². The molecule has 1 saturated carbocycles. The highest BCUT2D eigenvalue weighted by molar-refractivity contribution is 7.17. The molecule has 1 aromatic heterocycles. The molecule has 0 N–H and O–H groups in total. The highest BCUT2D eigenvalue weighted by Gasteiger charge is 2.30. The van der Waals surface area contributed by atoms with Crippen molar-refractivity contribution >= 4 is 17.2 Å². The van der Waals surface area contributed by atoms with Crippen LogP contribution < -0.4 is 9.47 Å². The van der Waals surface area contributed by atoms with E-state index in [4.69, 9.17) is 14.5 Å². The lowest BCUT2D eigenvalue weighted by molar-refractivity contribution is 0.0577. The summed E-state index contributed by atoms with van der Waals surface area (Å²) >= 11 is 1.42. The minimum absolute atomic E-state index is 0.0891. The average molecular weight is 416 g/mol. The summed E-state index contributed by atoms with van der Waals surface area (Å²) in [5, 5.41) is 0.754. The monoisotopic (exact) mass is 415 g/mol. The molecule has 0 bridgehead atoms. The van der Waals surface area contributed by atoms with Crippen molar-refractivity contribution in [2.45, 2.75) is 38.6 Å². The topological polar surface area (TPSA) is 54.9 Å². The van der Waals surface area contributed by atoms with E-state index in [-0.39, 0.29) is 5.91 Å². The van der Waals surface area contributed by atoms with Crippen LogP contribution in [0.25, 0.3) is 10.6 Å². The first-order valence-electron chi connectivity index (χ1n) is 10.3. The zero-order chi connectivity index (χ0) is 20.4. The molecule has 156 valence electrons. The maximum atomic E-state index is 13.2. The molecule has 0 unspecified atom stereocenters. The molecule has 29 heavy (non-hydrogen) atoms. The van der Waals surface area contributed by atoms with Crippen LogP contribution in [-0.2, 0) is 0 Å². The number of aryl methyl sites for hydroxylation is 1. The number of aromatic nitrogens is 1. The molecule has 0 atom stereocenters. The van der Waals surface area contributed by atoms with E-state index in [0.29, 0.717) is 16.4 Å². The van der Waals surface area contributed by atoms with Crippen molar-refractivity contribution in [1.82, 2.24) is 14.8 Å². The van der Waals surface area contributed by atoms with Crippen molar-refractivity contribution in [1.29, 1.82) is 0 Å². The van der Waals surface area contributed by atoms with Crippen LogP contribution in [0.2, 0.25) is 0 Å². The van der Waals surface area contributed by atoms with Crippen LogP contribution in [0.3, 0.4) is 0 Å². The second kappa shape index (κ2) is 8.71. The molecule has 1 aromatic carbocycles. The number of hydrogen-bond donors (Lipinski definition) is 0. The molecule has 1 aliphatic heterocycles. The third-order valence-corrected chi connectivity index (χ3v) is 7.24. The van der Waals surface area contributed by atoms with E-state index in [1.54, 1.807) is 14.2 Å². The van der Waals surface area contributed by atoms with Gasteiger partial charge < -0.3 is 14.4 Å². The molecule has 6 nitrogen and oxygen atoms in total. The summed E-state index contributed by atoms with van der Waals surface area (Å²) in [7, 11) is 3.27. The smallest absolute Gasteiger partial charge is 0.265 e. The van der Waals surface area contributed by atoms with E-state index in [9.17, 15) is 4.79 Å². The Morgan fingerprint density at radius 1 is 1.07 bits per heavy atom. The van der Waals surface area contributed by atoms with E-state index in [1.165, 1.54) is 37.0 Å². The molecule has 0 spiro atoms. The lowest BCUT2D eigenvalue weighted by Crippen LogP contribution is -2.51. The van der Waals surface area contributed by atoms with Crippen molar-refractivity contribution in [3.05, 3.63) is 28.8 Å². The molecule has 2 aliphatic rings. The van der Waals surface area contributed by atoms with Crippen LogP contribution in [0.4, 0.5) is 0 Å².